The zero-order valence-corrected chi connectivity index (χ0v) is 11.1. The topological polar surface area (TPSA) is 36.4 Å². The van der Waals surface area contributed by atoms with E-state index in [1.807, 2.05) is 18.7 Å². The van der Waals surface area contributed by atoms with E-state index >= 15 is 0 Å². The van der Waals surface area contributed by atoms with Gasteiger partial charge in [0, 0.05) is 17.9 Å². The molecule has 0 aliphatic carbocycles. The number of hydrogen-bond donors (Lipinski definition) is 1. The first kappa shape index (κ1) is 13.3. The maximum Gasteiger partial charge on any atom is 0.138 e. The molecule has 0 saturated heterocycles. The number of benzene rings is 1. The van der Waals surface area contributed by atoms with Gasteiger partial charge in [-0.25, -0.2) is 4.39 Å². The van der Waals surface area contributed by atoms with Crippen molar-refractivity contribution >= 4 is 5.69 Å². The Morgan fingerprint density at radius 3 is 2.47 bits per heavy atom. The van der Waals surface area contributed by atoms with Gasteiger partial charge in [-0.2, -0.15) is 0 Å². The lowest BCUT2D eigenvalue weighted by Gasteiger charge is -2.23. The lowest BCUT2D eigenvalue weighted by molar-refractivity contribution is 0.462. The zero-order chi connectivity index (χ0) is 13.8. The molecule has 0 amide bonds. The zero-order valence-electron chi connectivity index (χ0n) is 11.1. The van der Waals surface area contributed by atoms with Gasteiger partial charge in [-0.05, 0) is 50.2 Å². The molecule has 0 saturated carbocycles. The van der Waals surface area contributed by atoms with Crippen LogP contribution < -0.4 is 4.90 Å². The Hall–Kier alpha value is -2.10. The molecule has 0 aliphatic rings. The van der Waals surface area contributed by atoms with Crippen LogP contribution >= 0.6 is 0 Å². The molecule has 0 spiro atoms. The van der Waals surface area contributed by atoms with Crippen LogP contribution in [-0.4, -0.2) is 16.6 Å². The number of aromatic hydroxyl groups is 1. The smallest absolute Gasteiger partial charge is 0.138 e. The van der Waals surface area contributed by atoms with E-state index in [1.54, 1.807) is 24.3 Å². The van der Waals surface area contributed by atoms with Gasteiger partial charge in [-0.3, -0.25) is 4.98 Å². The number of hydrogen-bond acceptors (Lipinski definition) is 3. The summed E-state index contributed by atoms with van der Waals surface area (Å²) in [5.74, 6) is -0.0671. The molecule has 2 aromatic rings. The molecule has 0 radical (unpaired) electrons. The Morgan fingerprint density at radius 1 is 1.16 bits per heavy atom. The highest BCUT2D eigenvalue weighted by atomic mass is 19.1. The third kappa shape index (κ3) is 3.22. The molecule has 4 heteroatoms. The lowest BCUT2D eigenvalue weighted by Crippen LogP contribution is -2.22. The monoisotopic (exact) mass is 260 g/mol. The Labute approximate surface area is 112 Å². The minimum Gasteiger partial charge on any atom is -0.506 e. The molecule has 0 fully saturated rings. The highest BCUT2D eigenvalue weighted by molar-refractivity contribution is 5.47. The van der Waals surface area contributed by atoms with Crippen LogP contribution in [-0.2, 0) is 6.54 Å². The Bertz CT molecular complexity index is 555. The second-order valence-electron chi connectivity index (χ2n) is 4.41. The fourth-order valence-corrected chi connectivity index (χ4v) is 1.94. The Balaban J connectivity index is 2.23. The third-order valence-electron chi connectivity index (χ3n) is 3.00. The van der Waals surface area contributed by atoms with Crippen LogP contribution in [0.4, 0.5) is 10.1 Å². The summed E-state index contributed by atoms with van der Waals surface area (Å²) in [4.78, 5) is 6.37. The standard InChI is InChI=1S/C15H17FN2O/c1-3-18(13-7-5-12(16)6-8-13)10-14-15(19)9-4-11(2)17-14/h4-9,19H,3,10H2,1-2H3. The van der Waals surface area contributed by atoms with E-state index in [1.165, 1.54) is 12.1 Å². The number of anilines is 1. The molecule has 100 valence electrons. The predicted molar refractivity (Wildman–Crippen MR) is 73.8 cm³/mol. The molecule has 1 aromatic heterocycles. The van der Waals surface area contributed by atoms with E-state index in [2.05, 4.69) is 4.98 Å². The van der Waals surface area contributed by atoms with Gasteiger partial charge in [-0.15, -0.1) is 0 Å². The van der Waals surface area contributed by atoms with Crippen molar-refractivity contribution in [2.75, 3.05) is 11.4 Å². The maximum atomic E-state index is 12.9. The summed E-state index contributed by atoms with van der Waals surface area (Å²) in [6.07, 6.45) is 0. The number of aromatic nitrogens is 1. The molecule has 19 heavy (non-hydrogen) atoms. The normalized spacial score (nSPS) is 10.5. The second-order valence-corrected chi connectivity index (χ2v) is 4.41. The first-order valence-electron chi connectivity index (χ1n) is 6.26. The molecule has 0 aliphatic heterocycles. The number of halogens is 1. The highest BCUT2D eigenvalue weighted by Gasteiger charge is 2.10. The summed E-state index contributed by atoms with van der Waals surface area (Å²) in [6.45, 7) is 5.14. The first-order chi connectivity index (χ1) is 9.10. The van der Waals surface area contributed by atoms with Crippen molar-refractivity contribution in [1.82, 2.24) is 4.98 Å². The van der Waals surface area contributed by atoms with Crippen LogP contribution in [0.15, 0.2) is 36.4 Å². The number of aryl methyl sites for hydroxylation is 1. The Morgan fingerprint density at radius 2 is 1.84 bits per heavy atom. The summed E-state index contributed by atoms with van der Waals surface area (Å²) in [5.41, 5.74) is 2.40. The summed E-state index contributed by atoms with van der Waals surface area (Å²) < 4.78 is 12.9. The molecular weight excluding hydrogens is 243 g/mol. The molecule has 1 heterocycles. The van der Waals surface area contributed by atoms with Crippen LogP contribution in [0.2, 0.25) is 0 Å². The maximum absolute atomic E-state index is 12.9. The van der Waals surface area contributed by atoms with Gasteiger partial charge in [0.25, 0.3) is 0 Å². The van der Waals surface area contributed by atoms with Crippen molar-refractivity contribution in [3.05, 3.63) is 53.6 Å². The van der Waals surface area contributed by atoms with E-state index in [-0.39, 0.29) is 11.6 Å². The van der Waals surface area contributed by atoms with Crippen LogP contribution in [0.3, 0.4) is 0 Å². The van der Waals surface area contributed by atoms with Gasteiger partial charge in [0.15, 0.2) is 0 Å². The third-order valence-corrected chi connectivity index (χ3v) is 3.00. The van der Waals surface area contributed by atoms with Crippen molar-refractivity contribution in [2.45, 2.75) is 20.4 Å². The first-order valence-corrected chi connectivity index (χ1v) is 6.26. The van der Waals surface area contributed by atoms with E-state index in [4.69, 9.17) is 0 Å². The number of pyridine rings is 1. The summed E-state index contributed by atoms with van der Waals surface area (Å²) in [7, 11) is 0. The molecule has 0 bridgehead atoms. The number of rotatable bonds is 4. The van der Waals surface area contributed by atoms with Gasteiger partial charge >= 0.3 is 0 Å². The van der Waals surface area contributed by atoms with Crippen LogP contribution in [0.25, 0.3) is 0 Å². The molecule has 1 N–H and O–H groups in total. The van der Waals surface area contributed by atoms with E-state index in [9.17, 15) is 9.50 Å². The van der Waals surface area contributed by atoms with Gasteiger partial charge in [0.1, 0.15) is 17.3 Å². The van der Waals surface area contributed by atoms with E-state index in [0.29, 0.717) is 12.2 Å². The average Bonchev–Trinajstić information content (AvgIpc) is 2.41. The summed E-state index contributed by atoms with van der Waals surface area (Å²) >= 11 is 0. The molecule has 0 unspecified atom stereocenters. The minimum absolute atomic E-state index is 0.186. The van der Waals surface area contributed by atoms with Gasteiger partial charge in [0.05, 0.1) is 6.54 Å². The second kappa shape index (κ2) is 5.69. The van der Waals surface area contributed by atoms with Crippen LogP contribution in [0.1, 0.15) is 18.3 Å². The van der Waals surface area contributed by atoms with Crippen molar-refractivity contribution < 1.29 is 9.50 Å². The van der Waals surface area contributed by atoms with E-state index in [0.717, 1.165) is 17.9 Å². The lowest BCUT2D eigenvalue weighted by atomic mass is 10.2. The summed E-state index contributed by atoms with van der Waals surface area (Å²) in [6, 6.07) is 9.74. The quantitative estimate of drug-likeness (QED) is 0.916. The van der Waals surface area contributed by atoms with Gasteiger partial charge < -0.3 is 10.0 Å². The van der Waals surface area contributed by atoms with Crippen LogP contribution in [0.5, 0.6) is 5.75 Å². The molecule has 0 atom stereocenters. The molecule has 1 aromatic carbocycles. The Kier molecular flexibility index (Phi) is 4.00. The molecular formula is C15H17FN2O. The van der Waals surface area contributed by atoms with E-state index < -0.39 is 0 Å². The van der Waals surface area contributed by atoms with Gasteiger partial charge in [-0.1, -0.05) is 0 Å². The summed E-state index contributed by atoms with van der Waals surface area (Å²) in [5, 5.41) is 9.82. The fourth-order valence-electron chi connectivity index (χ4n) is 1.94. The van der Waals surface area contributed by atoms with Gasteiger partial charge in [0.2, 0.25) is 0 Å². The largest absolute Gasteiger partial charge is 0.506 e. The predicted octanol–water partition coefficient (Wildman–Crippen LogP) is 3.26. The van der Waals surface area contributed by atoms with Crippen molar-refractivity contribution in [2.24, 2.45) is 0 Å². The highest BCUT2D eigenvalue weighted by Crippen LogP contribution is 2.21. The minimum atomic E-state index is -0.253. The SMILES string of the molecule is CCN(Cc1nc(C)ccc1O)c1ccc(F)cc1. The fraction of sp³-hybridized carbons (Fsp3) is 0.267. The molecule has 3 nitrogen and oxygen atoms in total. The number of nitrogens with zero attached hydrogens (tertiary/aromatic N) is 2. The van der Waals surface area contributed by atoms with Crippen molar-refractivity contribution in [3.8, 4) is 5.75 Å². The van der Waals surface area contributed by atoms with Crippen molar-refractivity contribution in [3.63, 3.8) is 0 Å². The molecule has 2 rings (SSSR count). The van der Waals surface area contributed by atoms with Crippen LogP contribution in [0, 0.1) is 12.7 Å². The van der Waals surface area contributed by atoms with Crippen molar-refractivity contribution in [1.29, 1.82) is 0 Å². The average molecular weight is 260 g/mol.